The zero-order valence-electron chi connectivity index (χ0n) is 53.5. The molecule has 0 aromatic heterocycles. The van der Waals surface area contributed by atoms with Crippen molar-refractivity contribution >= 4 is 11.9 Å². The number of allylic oxidation sites excluding steroid dienone is 2. The fraction of sp³-hybridized carbons (Fsp3) is 0.945. The fourth-order valence-corrected chi connectivity index (χ4v) is 11.6. The van der Waals surface area contributed by atoms with Gasteiger partial charge in [0, 0.05) is 12.8 Å². The monoisotopic (exact) mass is 1100 g/mol. The highest BCUT2D eigenvalue weighted by Gasteiger charge is 2.16. The van der Waals surface area contributed by atoms with E-state index in [2.05, 4.69) is 26.0 Å². The van der Waals surface area contributed by atoms with Gasteiger partial charge in [-0.05, 0) is 38.5 Å². The van der Waals surface area contributed by atoms with Crippen molar-refractivity contribution in [1.29, 1.82) is 0 Å². The molecule has 1 atom stereocenters. The second kappa shape index (κ2) is 69.9. The molecule has 5 heteroatoms. The van der Waals surface area contributed by atoms with Crippen molar-refractivity contribution < 1.29 is 24.2 Å². The fourth-order valence-electron chi connectivity index (χ4n) is 11.6. The summed E-state index contributed by atoms with van der Waals surface area (Å²) in [6.45, 7) is 4.22. The van der Waals surface area contributed by atoms with Gasteiger partial charge in [0.1, 0.15) is 6.61 Å². The molecule has 0 bridgehead atoms. The Labute approximate surface area is 490 Å². The Hall–Kier alpha value is -1.36. The minimum Gasteiger partial charge on any atom is -0.462 e. The summed E-state index contributed by atoms with van der Waals surface area (Å²) in [5.74, 6) is -0.560. The van der Waals surface area contributed by atoms with Gasteiger partial charge in [-0.3, -0.25) is 9.59 Å². The molecule has 0 aromatic rings. The number of carbonyl (C=O) groups is 2. The summed E-state index contributed by atoms with van der Waals surface area (Å²) < 4.78 is 10.8. The van der Waals surface area contributed by atoms with Crippen LogP contribution < -0.4 is 0 Å². The van der Waals surface area contributed by atoms with Gasteiger partial charge in [0.2, 0.25) is 0 Å². The van der Waals surface area contributed by atoms with E-state index in [1.165, 1.54) is 366 Å². The molecular formula is C73H142O5. The van der Waals surface area contributed by atoms with Crippen LogP contribution in [0.3, 0.4) is 0 Å². The molecule has 78 heavy (non-hydrogen) atoms. The van der Waals surface area contributed by atoms with Gasteiger partial charge in [0.25, 0.3) is 0 Å². The Kier molecular flexibility index (Phi) is 68.7. The van der Waals surface area contributed by atoms with Crippen molar-refractivity contribution in [2.24, 2.45) is 0 Å². The third kappa shape index (κ3) is 67.1. The van der Waals surface area contributed by atoms with Gasteiger partial charge in [0.15, 0.2) is 6.10 Å². The molecule has 0 aliphatic carbocycles. The first kappa shape index (κ1) is 76.6. The van der Waals surface area contributed by atoms with Crippen molar-refractivity contribution in [3.05, 3.63) is 12.2 Å². The lowest BCUT2D eigenvalue weighted by molar-refractivity contribution is -0.161. The lowest BCUT2D eigenvalue weighted by Gasteiger charge is -2.15. The van der Waals surface area contributed by atoms with Crippen LogP contribution in [0.25, 0.3) is 0 Å². The van der Waals surface area contributed by atoms with E-state index in [0.29, 0.717) is 12.8 Å². The highest BCUT2D eigenvalue weighted by atomic mass is 16.6. The topological polar surface area (TPSA) is 72.8 Å². The average molecular weight is 1100 g/mol. The smallest absolute Gasteiger partial charge is 0.306 e. The number of rotatable bonds is 69. The van der Waals surface area contributed by atoms with Crippen LogP contribution >= 0.6 is 0 Å². The van der Waals surface area contributed by atoms with Gasteiger partial charge in [-0.2, -0.15) is 0 Å². The van der Waals surface area contributed by atoms with Crippen LogP contribution in [0.2, 0.25) is 0 Å². The second-order valence-electron chi connectivity index (χ2n) is 25.0. The summed E-state index contributed by atoms with van der Waals surface area (Å²) in [6, 6.07) is 0. The van der Waals surface area contributed by atoms with E-state index in [9.17, 15) is 14.7 Å². The maximum absolute atomic E-state index is 12.4. The highest BCUT2D eigenvalue weighted by Crippen LogP contribution is 2.20. The molecule has 0 saturated heterocycles. The molecule has 0 radical (unpaired) electrons. The molecule has 1 N–H and O–H groups in total. The molecule has 0 aromatic carbocycles. The zero-order chi connectivity index (χ0) is 56.2. The standard InChI is InChI=1S/C73H142O5/c1-3-5-7-9-11-13-15-17-19-21-23-25-27-28-29-30-31-32-33-34-35-36-37-38-39-40-41-42-43-44-46-48-50-52-54-56-58-60-62-64-66-68-73(76)78-71(69-74)70-77-72(75)67-65-63-61-59-57-55-53-51-49-47-45-26-24-22-20-18-16-14-12-10-8-6-4-2/h21,23,71,74H,3-20,22,24-70H2,1-2H3/b23-21-. The van der Waals surface area contributed by atoms with E-state index in [1.807, 2.05) is 0 Å². The maximum Gasteiger partial charge on any atom is 0.306 e. The van der Waals surface area contributed by atoms with Gasteiger partial charge in [-0.15, -0.1) is 0 Å². The van der Waals surface area contributed by atoms with Crippen LogP contribution in [0.1, 0.15) is 425 Å². The zero-order valence-corrected chi connectivity index (χ0v) is 53.5. The first-order chi connectivity index (χ1) is 38.6. The molecule has 0 spiro atoms. The summed E-state index contributed by atoms with van der Waals surface area (Å²) in [6.07, 6.45) is 89.9. The van der Waals surface area contributed by atoms with Crippen molar-refractivity contribution in [3.8, 4) is 0 Å². The molecule has 1 unspecified atom stereocenters. The van der Waals surface area contributed by atoms with Crippen LogP contribution in [0.15, 0.2) is 12.2 Å². The first-order valence-electron chi connectivity index (χ1n) is 36.2. The Morgan fingerprint density at radius 3 is 0.692 bits per heavy atom. The van der Waals surface area contributed by atoms with Crippen LogP contribution in [0.5, 0.6) is 0 Å². The van der Waals surface area contributed by atoms with Gasteiger partial charge in [-0.25, -0.2) is 0 Å². The van der Waals surface area contributed by atoms with E-state index in [4.69, 9.17) is 9.47 Å². The van der Waals surface area contributed by atoms with E-state index < -0.39 is 6.10 Å². The quantitative estimate of drug-likeness (QED) is 0.0373. The summed E-state index contributed by atoms with van der Waals surface area (Å²) in [5, 5.41) is 9.70. The van der Waals surface area contributed by atoms with E-state index >= 15 is 0 Å². The molecule has 0 saturated carbocycles. The van der Waals surface area contributed by atoms with E-state index in [0.717, 1.165) is 32.1 Å². The second-order valence-corrected chi connectivity index (χ2v) is 25.0. The van der Waals surface area contributed by atoms with Crippen LogP contribution in [0, 0.1) is 0 Å². The number of hydrogen-bond acceptors (Lipinski definition) is 5. The Bertz CT molecular complexity index is 1150. The van der Waals surface area contributed by atoms with E-state index in [1.54, 1.807) is 0 Å². The van der Waals surface area contributed by atoms with Crippen molar-refractivity contribution in [1.82, 2.24) is 0 Å². The van der Waals surface area contributed by atoms with Crippen LogP contribution in [-0.2, 0) is 19.1 Å². The van der Waals surface area contributed by atoms with Gasteiger partial charge < -0.3 is 14.6 Å². The summed E-state index contributed by atoms with van der Waals surface area (Å²) in [4.78, 5) is 24.6. The summed E-state index contributed by atoms with van der Waals surface area (Å²) in [5.41, 5.74) is 0. The molecule has 5 nitrogen and oxygen atoms in total. The third-order valence-electron chi connectivity index (χ3n) is 17.1. The van der Waals surface area contributed by atoms with E-state index in [-0.39, 0.29) is 25.2 Å². The molecule has 0 aliphatic heterocycles. The molecule has 0 amide bonds. The molecule has 0 heterocycles. The number of unbranched alkanes of at least 4 members (excludes halogenated alkanes) is 59. The Balaban J connectivity index is 3.33. The van der Waals surface area contributed by atoms with Gasteiger partial charge >= 0.3 is 11.9 Å². The number of hydrogen-bond donors (Lipinski definition) is 1. The molecule has 0 rings (SSSR count). The highest BCUT2D eigenvalue weighted by molar-refractivity contribution is 5.70. The molecule has 0 fully saturated rings. The average Bonchev–Trinajstić information content (AvgIpc) is 3.44. The lowest BCUT2D eigenvalue weighted by atomic mass is 10.0. The Morgan fingerprint density at radius 2 is 0.474 bits per heavy atom. The SMILES string of the molecule is CCCCCCCCCC/C=C\CCCCCCCCCCCCCCCCCCCCCCCCCCCCCCCC(=O)OC(CO)COC(=O)CCCCCCCCCCCCCCCCCCCCCCCCC. The van der Waals surface area contributed by atoms with Crippen molar-refractivity contribution in [3.63, 3.8) is 0 Å². The molecule has 464 valence electrons. The number of aliphatic hydroxyl groups is 1. The van der Waals surface area contributed by atoms with Crippen LogP contribution in [0.4, 0.5) is 0 Å². The predicted molar refractivity (Wildman–Crippen MR) is 344 cm³/mol. The number of esters is 2. The van der Waals surface area contributed by atoms with Crippen molar-refractivity contribution in [2.45, 2.75) is 431 Å². The lowest BCUT2D eigenvalue weighted by Crippen LogP contribution is -2.28. The summed E-state index contributed by atoms with van der Waals surface area (Å²) in [7, 11) is 0. The summed E-state index contributed by atoms with van der Waals surface area (Å²) >= 11 is 0. The predicted octanol–water partition coefficient (Wildman–Crippen LogP) is 25.0. The first-order valence-corrected chi connectivity index (χ1v) is 36.2. The minimum atomic E-state index is -0.766. The van der Waals surface area contributed by atoms with Gasteiger partial charge in [-0.1, -0.05) is 386 Å². The number of aliphatic hydroxyl groups excluding tert-OH is 1. The van der Waals surface area contributed by atoms with Crippen LogP contribution in [-0.4, -0.2) is 36.4 Å². The van der Waals surface area contributed by atoms with Gasteiger partial charge in [0.05, 0.1) is 6.61 Å². The maximum atomic E-state index is 12.4. The number of ether oxygens (including phenoxy) is 2. The minimum absolute atomic E-state index is 0.0561. The number of carbonyl (C=O) groups excluding carboxylic acids is 2. The molecule has 0 aliphatic rings. The Morgan fingerprint density at radius 1 is 0.282 bits per heavy atom. The molecular weight excluding hydrogens is 957 g/mol. The normalized spacial score (nSPS) is 12.1. The third-order valence-corrected chi connectivity index (χ3v) is 17.1. The van der Waals surface area contributed by atoms with Crippen molar-refractivity contribution in [2.75, 3.05) is 13.2 Å². The largest absolute Gasteiger partial charge is 0.462 e.